The van der Waals surface area contributed by atoms with Gasteiger partial charge < -0.3 is 0 Å². The molecular weight excluding hydrogens is 733 g/mol. The van der Waals surface area contributed by atoms with Crippen LogP contribution in [0.25, 0.3) is 106 Å². The summed E-state index contributed by atoms with van der Waals surface area (Å²) in [6, 6.07) is 12.5. The third kappa shape index (κ3) is 4.48. The van der Waals surface area contributed by atoms with Gasteiger partial charge in [-0.1, -0.05) is 78.1 Å². The normalized spacial score (nSPS) is 13.0. The van der Waals surface area contributed by atoms with Crippen LogP contribution in [0.3, 0.4) is 0 Å². The predicted molar refractivity (Wildman–Crippen MR) is 241 cm³/mol. The molecule has 0 bridgehead atoms. The summed E-state index contributed by atoms with van der Waals surface area (Å²) < 4.78 is 5.14. The monoisotopic (exact) mass is 774 g/mol. The van der Waals surface area contributed by atoms with Crippen LogP contribution in [0, 0.1) is 0 Å². The summed E-state index contributed by atoms with van der Waals surface area (Å²) in [4.78, 5) is 58.4. The topological polar surface area (TPSA) is 78.1 Å². The number of hydrogen-bond donors (Lipinski definition) is 0. The van der Waals surface area contributed by atoms with Crippen molar-refractivity contribution in [3.63, 3.8) is 0 Å². The first-order valence-electron chi connectivity index (χ1n) is 20.7. The lowest BCUT2D eigenvalue weighted by atomic mass is 9.79. The fraction of sp³-hybridized carbons (Fsp3) is 0.333. The Hall–Kier alpha value is -4.92. The summed E-state index contributed by atoms with van der Waals surface area (Å²) in [7, 11) is 0. The Bertz CT molecular complexity index is 3110. The Morgan fingerprint density at radius 2 is 0.714 bits per heavy atom. The second-order valence-corrected chi connectivity index (χ2v) is 18.1. The number of pyridine rings is 2. The van der Waals surface area contributed by atoms with E-state index < -0.39 is 0 Å². The van der Waals surface area contributed by atoms with Gasteiger partial charge in [-0.2, -0.15) is 0 Å². The summed E-state index contributed by atoms with van der Waals surface area (Å²) >= 11 is 3.30. The van der Waals surface area contributed by atoms with Crippen LogP contribution >= 0.6 is 22.7 Å². The number of fused-ring (bicyclic) bond motifs is 6. The van der Waals surface area contributed by atoms with Gasteiger partial charge in [0.25, 0.3) is 22.2 Å². The van der Waals surface area contributed by atoms with E-state index in [0.717, 1.165) is 123 Å². The number of rotatable bonds is 14. The molecule has 56 heavy (non-hydrogen) atoms. The molecule has 0 aliphatic heterocycles. The van der Waals surface area contributed by atoms with E-state index in [1.54, 1.807) is 22.7 Å². The van der Waals surface area contributed by atoms with Crippen LogP contribution in [0.15, 0.2) is 66.3 Å². The van der Waals surface area contributed by atoms with Crippen molar-refractivity contribution in [2.75, 3.05) is 0 Å². The molecule has 0 spiro atoms. The van der Waals surface area contributed by atoms with E-state index in [4.69, 9.17) is 0 Å². The van der Waals surface area contributed by atoms with Crippen molar-refractivity contribution in [3.8, 4) is 0 Å². The second-order valence-electron chi connectivity index (χ2n) is 16.3. The Morgan fingerprint density at radius 1 is 0.375 bits per heavy atom. The molecular formula is C48H42N2O4S2. The van der Waals surface area contributed by atoms with Crippen LogP contribution in [-0.4, -0.2) is 9.13 Å². The van der Waals surface area contributed by atoms with E-state index in [9.17, 15) is 19.2 Å². The fourth-order valence-corrected chi connectivity index (χ4v) is 12.4. The molecule has 11 aromatic rings. The lowest BCUT2D eigenvalue weighted by Gasteiger charge is -2.24. The van der Waals surface area contributed by atoms with Crippen LogP contribution in [-0.2, 0) is 13.1 Å². The van der Waals surface area contributed by atoms with E-state index in [1.165, 1.54) is 47.7 Å². The van der Waals surface area contributed by atoms with E-state index in [-0.39, 0.29) is 22.2 Å². The maximum Gasteiger partial charge on any atom is 0.261 e. The minimum atomic E-state index is -0.216. The molecule has 0 amide bonds. The van der Waals surface area contributed by atoms with Gasteiger partial charge in [0.2, 0.25) is 0 Å². The predicted octanol–water partition coefficient (Wildman–Crippen LogP) is 12.3. The molecule has 4 heterocycles. The van der Waals surface area contributed by atoms with Gasteiger partial charge in [-0.05, 0) is 81.5 Å². The molecule has 0 atom stereocenters. The standard InChI is InChI=1S/C48H42N2O4S2/c1-3-5-7-9-11-13-17-49-45(51)31-21-27-25-15-19-56-44(25)30-24-34-36-32(46(52)50(48(34)54)18-14-12-10-8-6-4-2)22-28-26-16-20-55-43(26)29-23-33(47(49)53)35(31)41-37(27)40(30)42(36)38(28)39(29)41/h15-16,19-24H,3-14,17-18H2,1-2H3. The number of hydrogen-bond acceptors (Lipinski definition) is 6. The minimum Gasteiger partial charge on any atom is -0.274 e. The third-order valence-electron chi connectivity index (χ3n) is 13.1. The molecule has 6 nitrogen and oxygen atoms in total. The molecule has 0 saturated carbocycles. The fourth-order valence-electron chi connectivity index (χ4n) is 10.5. The van der Waals surface area contributed by atoms with E-state index in [2.05, 4.69) is 36.7 Å². The first-order chi connectivity index (χ1) is 27.4. The zero-order chi connectivity index (χ0) is 38.0. The van der Waals surface area contributed by atoms with Crippen molar-refractivity contribution in [2.45, 2.75) is 104 Å². The Labute approximate surface area is 329 Å². The van der Waals surface area contributed by atoms with Gasteiger partial charge >= 0.3 is 0 Å². The van der Waals surface area contributed by atoms with Gasteiger partial charge in [-0.25, -0.2) is 0 Å². The zero-order valence-corrected chi connectivity index (χ0v) is 33.5. The lowest BCUT2D eigenvalue weighted by molar-refractivity contribution is 0.545. The van der Waals surface area contributed by atoms with Crippen molar-refractivity contribution < 1.29 is 0 Å². The molecule has 8 heteroatoms. The number of thiophene rings is 2. The molecule has 0 aliphatic rings. The Kier molecular flexibility index (Phi) is 7.85. The van der Waals surface area contributed by atoms with Crippen molar-refractivity contribution in [3.05, 3.63) is 88.6 Å². The average Bonchev–Trinajstić information content (AvgIpc) is 3.91. The maximum atomic E-state index is 14.6. The van der Waals surface area contributed by atoms with E-state index in [0.29, 0.717) is 34.6 Å². The summed E-state index contributed by atoms with van der Waals surface area (Å²) in [6.45, 7) is 5.23. The van der Waals surface area contributed by atoms with Crippen LogP contribution in [0.2, 0.25) is 0 Å². The highest BCUT2D eigenvalue weighted by molar-refractivity contribution is 7.19. The van der Waals surface area contributed by atoms with Crippen molar-refractivity contribution in [1.29, 1.82) is 0 Å². The van der Waals surface area contributed by atoms with Crippen molar-refractivity contribution in [2.24, 2.45) is 0 Å². The molecule has 4 aromatic heterocycles. The van der Waals surface area contributed by atoms with E-state index >= 15 is 0 Å². The largest absolute Gasteiger partial charge is 0.274 e. The van der Waals surface area contributed by atoms with Gasteiger partial charge in [0, 0.05) is 97.9 Å². The smallest absolute Gasteiger partial charge is 0.261 e. The van der Waals surface area contributed by atoms with Crippen LogP contribution < -0.4 is 22.2 Å². The van der Waals surface area contributed by atoms with Gasteiger partial charge in [0.05, 0.1) is 0 Å². The van der Waals surface area contributed by atoms with Gasteiger partial charge in [0.15, 0.2) is 0 Å². The third-order valence-corrected chi connectivity index (χ3v) is 15.0. The Morgan fingerprint density at radius 3 is 1.11 bits per heavy atom. The molecule has 0 saturated heterocycles. The highest BCUT2D eigenvalue weighted by atomic mass is 32.1. The molecule has 0 N–H and O–H groups in total. The summed E-state index contributed by atoms with van der Waals surface area (Å²) in [5, 5.41) is 20.1. The molecule has 11 rings (SSSR count). The number of unbranched alkanes of at least 4 members (excludes halogenated alkanes) is 10. The summed E-state index contributed by atoms with van der Waals surface area (Å²) in [6.07, 6.45) is 12.9. The highest BCUT2D eigenvalue weighted by Crippen LogP contribution is 2.55. The number of benzene rings is 7. The maximum absolute atomic E-state index is 14.6. The number of aromatic nitrogens is 2. The van der Waals surface area contributed by atoms with Crippen molar-refractivity contribution >= 4 is 129 Å². The second kappa shape index (κ2) is 12.8. The van der Waals surface area contributed by atoms with Crippen molar-refractivity contribution in [1.82, 2.24) is 9.13 Å². The minimum absolute atomic E-state index is 0.215. The van der Waals surface area contributed by atoms with Crippen LogP contribution in [0.5, 0.6) is 0 Å². The van der Waals surface area contributed by atoms with E-state index in [1.807, 2.05) is 24.3 Å². The average molecular weight is 775 g/mol. The lowest BCUT2D eigenvalue weighted by Crippen LogP contribution is -2.33. The zero-order valence-electron chi connectivity index (χ0n) is 31.9. The van der Waals surface area contributed by atoms with Crippen LogP contribution in [0.4, 0.5) is 0 Å². The quantitative estimate of drug-likeness (QED) is 0.0626. The first-order valence-corrected chi connectivity index (χ1v) is 22.4. The molecule has 0 unspecified atom stereocenters. The first kappa shape index (κ1) is 34.3. The highest BCUT2D eigenvalue weighted by Gasteiger charge is 2.30. The van der Waals surface area contributed by atoms with Gasteiger partial charge in [0.1, 0.15) is 0 Å². The Balaban J connectivity index is 1.29. The molecule has 0 fully saturated rings. The number of nitrogens with zero attached hydrogens (tertiary/aromatic N) is 2. The molecule has 0 aliphatic carbocycles. The van der Waals surface area contributed by atoms with Gasteiger partial charge in [-0.3, -0.25) is 28.3 Å². The molecule has 7 aromatic carbocycles. The molecule has 0 radical (unpaired) electrons. The summed E-state index contributed by atoms with van der Waals surface area (Å²) in [5.74, 6) is 0. The molecule has 280 valence electrons. The van der Waals surface area contributed by atoms with Gasteiger partial charge in [-0.15, -0.1) is 22.7 Å². The van der Waals surface area contributed by atoms with Crippen LogP contribution in [0.1, 0.15) is 90.9 Å². The summed E-state index contributed by atoms with van der Waals surface area (Å²) in [5.41, 5.74) is -0.862. The SMILES string of the molecule is CCCCCCCCn1c(=O)c2cc3c4ccsc4c4cc5c(=O)n(CCCCCCCC)c(=O)c6cc7c8ccsc8c8cc(c1=O)c2c1c3c4c(c65)c7c81.